The molecule has 2 nitrogen and oxygen atoms in total. The molecule has 110 valence electrons. The first-order chi connectivity index (χ1) is 9.68. The van der Waals surface area contributed by atoms with Crippen LogP contribution in [0.4, 0.5) is 4.39 Å². The molecule has 1 aromatic rings. The zero-order valence-corrected chi connectivity index (χ0v) is 12.6. The van der Waals surface area contributed by atoms with Crippen LogP contribution in [0.15, 0.2) is 18.2 Å². The number of rotatable bonds is 2. The van der Waals surface area contributed by atoms with Gasteiger partial charge < -0.3 is 5.32 Å². The summed E-state index contributed by atoms with van der Waals surface area (Å²) in [5.74, 6) is -0.236. The average molecular weight is 297 g/mol. The highest BCUT2D eigenvalue weighted by atomic mass is 35.5. The molecule has 1 heterocycles. The van der Waals surface area contributed by atoms with Crippen LogP contribution in [0.5, 0.6) is 0 Å². The minimum atomic E-state index is -0.236. The van der Waals surface area contributed by atoms with Crippen LogP contribution in [0.1, 0.15) is 37.7 Å². The Morgan fingerprint density at radius 2 is 2.00 bits per heavy atom. The molecule has 0 bridgehead atoms. The molecule has 1 spiro atoms. The number of halogens is 2. The monoisotopic (exact) mass is 296 g/mol. The van der Waals surface area contributed by atoms with Gasteiger partial charge in [0.05, 0.1) is 0 Å². The summed E-state index contributed by atoms with van der Waals surface area (Å²) in [6.45, 7) is 3.92. The van der Waals surface area contributed by atoms with Crippen LogP contribution in [0, 0.1) is 5.82 Å². The number of hydrogen-bond donors (Lipinski definition) is 1. The summed E-state index contributed by atoms with van der Waals surface area (Å²) >= 11 is 5.97. The van der Waals surface area contributed by atoms with E-state index in [9.17, 15) is 4.39 Å². The quantitative estimate of drug-likeness (QED) is 0.897. The summed E-state index contributed by atoms with van der Waals surface area (Å²) in [6, 6.07) is 4.88. The molecule has 1 aromatic carbocycles. The Hall–Kier alpha value is -0.640. The maximum absolute atomic E-state index is 13.5. The molecule has 20 heavy (non-hydrogen) atoms. The van der Waals surface area contributed by atoms with E-state index in [4.69, 9.17) is 11.6 Å². The van der Waals surface area contributed by atoms with Gasteiger partial charge in [-0.3, -0.25) is 4.90 Å². The summed E-state index contributed by atoms with van der Waals surface area (Å²) in [4.78, 5) is 2.55. The standard InChI is InChI=1S/C16H22ClFN2/c17-14-8-13(9-15(18)10-14)11-20-7-6-19-12-16(20)4-2-1-3-5-16/h8-10,19H,1-7,11-12H2. The van der Waals surface area contributed by atoms with Gasteiger partial charge in [-0.15, -0.1) is 0 Å². The summed E-state index contributed by atoms with van der Waals surface area (Å²) in [7, 11) is 0. The van der Waals surface area contributed by atoms with Crippen molar-refractivity contribution >= 4 is 11.6 Å². The fourth-order valence-corrected chi connectivity index (χ4v) is 4.00. The minimum absolute atomic E-state index is 0.236. The van der Waals surface area contributed by atoms with Gasteiger partial charge in [0.1, 0.15) is 5.82 Å². The van der Waals surface area contributed by atoms with Crippen molar-refractivity contribution in [1.29, 1.82) is 0 Å². The summed E-state index contributed by atoms with van der Waals surface area (Å²) in [5.41, 5.74) is 1.26. The Labute approximate surface area is 125 Å². The first-order valence-electron chi connectivity index (χ1n) is 7.59. The minimum Gasteiger partial charge on any atom is -0.314 e. The lowest BCUT2D eigenvalue weighted by molar-refractivity contribution is 0.0208. The highest BCUT2D eigenvalue weighted by Crippen LogP contribution is 2.35. The fraction of sp³-hybridized carbons (Fsp3) is 0.625. The first kappa shape index (κ1) is 14.3. The number of piperazine rings is 1. The number of nitrogens with one attached hydrogen (secondary N) is 1. The lowest BCUT2D eigenvalue weighted by Gasteiger charge is -2.50. The molecule has 1 saturated heterocycles. The molecule has 1 aliphatic carbocycles. The fourth-order valence-electron chi connectivity index (χ4n) is 3.76. The van der Waals surface area contributed by atoms with E-state index in [1.54, 1.807) is 6.07 Å². The van der Waals surface area contributed by atoms with E-state index in [-0.39, 0.29) is 11.4 Å². The average Bonchev–Trinajstić information content (AvgIpc) is 2.41. The Morgan fingerprint density at radius 1 is 1.20 bits per heavy atom. The maximum Gasteiger partial charge on any atom is 0.125 e. The van der Waals surface area contributed by atoms with E-state index in [0.29, 0.717) is 5.02 Å². The van der Waals surface area contributed by atoms with Crippen molar-refractivity contribution in [3.05, 3.63) is 34.6 Å². The molecule has 0 aromatic heterocycles. The smallest absolute Gasteiger partial charge is 0.125 e. The summed E-state index contributed by atoms with van der Waals surface area (Å²) in [6.07, 6.45) is 6.47. The van der Waals surface area contributed by atoms with Gasteiger partial charge in [0.2, 0.25) is 0 Å². The molecule has 4 heteroatoms. The van der Waals surface area contributed by atoms with Crippen molar-refractivity contribution in [3.8, 4) is 0 Å². The molecule has 1 aliphatic heterocycles. The molecule has 1 saturated carbocycles. The van der Waals surface area contributed by atoms with Crippen LogP contribution in [-0.2, 0) is 6.54 Å². The van der Waals surface area contributed by atoms with Crippen molar-refractivity contribution in [3.63, 3.8) is 0 Å². The molecular weight excluding hydrogens is 275 g/mol. The third kappa shape index (κ3) is 3.00. The lowest BCUT2D eigenvalue weighted by Crippen LogP contribution is -2.61. The molecule has 2 aliphatic rings. The highest BCUT2D eigenvalue weighted by molar-refractivity contribution is 6.30. The molecular formula is C16H22ClFN2. The molecule has 2 fully saturated rings. The van der Waals surface area contributed by atoms with Crippen molar-refractivity contribution in [1.82, 2.24) is 10.2 Å². The summed E-state index contributed by atoms with van der Waals surface area (Å²) in [5, 5.41) is 4.04. The SMILES string of the molecule is Fc1cc(Cl)cc(CN2CCNCC23CCCCC3)c1. The van der Waals surface area contributed by atoms with Crippen LogP contribution in [-0.4, -0.2) is 30.1 Å². The van der Waals surface area contributed by atoms with E-state index >= 15 is 0 Å². The predicted molar refractivity (Wildman–Crippen MR) is 80.5 cm³/mol. The van der Waals surface area contributed by atoms with Gasteiger partial charge >= 0.3 is 0 Å². The Bertz CT molecular complexity index is 443. The van der Waals surface area contributed by atoms with Crippen molar-refractivity contribution < 1.29 is 4.39 Å². The molecule has 0 atom stereocenters. The van der Waals surface area contributed by atoms with Gasteiger partial charge in [-0.1, -0.05) is 30.9 Å². The zero-order chi connectivity index (χ0) is 14.0. The van der Waals surface area contributed by atoms with Crippen LogP contribution >= 0.6 is 11.6 Å². The molecule has 1 N–H and O–H groups in total. The van der Waals surface area contributed by atoms with Crippen LogP contribution in [0.25, 0.3) is 0 Å². The molecule has 0 unspecified atom stereocenters. The van der Waals surface area contributed by atoms with E-state index in [0.717, 1.165) is 31.7 Å². The van der Waals surface area contributed by atoms with Crippen LogP contribution in [0.2, 0.25) is 5.02 Å². The third-order valence-corrected chi connectivity index (χ3v) is 4.98. The van der Waals surface area contributed by atoms with Gasteiger partial charge in [0.15, 0.2) is 0 Å². The number of hydrogen-bond acceptors (Lipinski definition) is 2. The van der Waals surface area contributed by atoms with Crippen molar-refractivity contribution in [2.75, 3.05) is 19.6 Å². The normalized spacial score (nSPS) is 23.1. The van der Waals surface area contributed by atoms with E-state index in [1.807, 2.05) is 6.07 Å². The lowest BCUT2D eigenvalue weighted by atomic mass is 9.79. The van der Waals surface area contributed by atoms with Gasteiger partial charge in [-0.25, -0.2) is 4.39 Å². The Balaban J connectivity index is 1.79. The third-order valence-electron chi connectivity index (χ3n) is 4.76. The maximum atomic E-state index is 13.5. The number of nitrogens with zero attached hydrogens (tertiary/aromatic N) is 1. The number of benzene rings is 1. The van der Waals surface area contributed by atoms with Gasteiger partial charge in [0, 0.05) is 36.7 Å². The molecule has 0 radical (unpaired) electrons. The van der Waals surface area contributed by atoms with Crippen molar-refractivity contribution in [2.24, 2.45) is 0 Å². The van der Waals surface area contributed by atoms with Crippen molar-refractivity contribution in [2.45, 2.75) is 44.2 Å². The highest BCUT2D eigenvalue weighted by Gasteiger charge is 2.39. The second-order valence-corrected chi connectivity index (χ2v) is 6.60. The van der Waals surface area contributed by atoms with Gasteiger partial charge in [0.25, 0.3) is 0 Å². The summed E-state index contributed by atoms with van der Waals surface area (Å²) < 4.78 is 13.5. The topological polar surface area (TPSA) is 15.3 Å². The van der Waals surface area contributed by atoms with Gasteiger partial charge in [-0.2, -0.15) is 0 Å². The van der Waals surface area contributed by atoms with E-state index < -0.39 is 0 Å². The van der Waals surface area contributed by atoms with Gasteiger partial charge in [-0.05, 0) is 36.6 Å². The molecule has 3 rings (SSSR count). The van der Waals surface area contributed by atoms with E-state index in [2.05, 4.69) is 10.2 Å². The van der Waals surface area contributed by atoms with Crippen LogP contribution < -0.4 is 5.32 Å². The van der Waals surface area contributed by atoms with Crippen LogP contribution in [0.3, 0.4) is 0 Å². The predicted octanol–water partition coefficient (Wildman–Crippen LogP) is 3.59. The molecule has 0 amide bonds. The first-order valence-corrected chi connectivity index (χ1v) is 7.97. The second-order valence-electron chi connectivity index (χ2n) is 6.16. The zero-order valence-electron chi connectivity index (χ0n) is 11.8. The second kappa shape index (κ2) is 6.00. The largest absolute Gasteiger partial charge is 0.314 e. The Morgan fingerprint density at radius 3 is 2.75 bits per heavy atom. The Kier molecular flexibility index (Phi) is 4.29. The van der Waals surface area contributed by atoms with E-state index in [1.165, 1.54) is 38.2 Å².